The van der Waals surface area contributed by atoms with Gasteiger partial charge in [-0.2, -0.15) is 0 Å². The van der Waals surface area contributed by atoms with Gasteiger partial charge in [0.25, 0.3) is 0 Å². The fourth-order valence-corrected chi connectivity index (χ4v) is 1.50. The van der Waals surface area contributed by atoms with Crippen LogP contribution in [-0.4, -0.2) is 9.97 Å². The van der Waals surface area contributed by atoms with Crippen molar-refractivity contribution in [3.05, 3.63) is 36.9 Å². The summed E-state index contributed by atoms with van der Waals surface area (Å²) in [6, 6.07) is 0.0786. The van der Waals surface area contributed by atoms with Gasteiger partial charge in [0, 0.05) is 24.0 Å². The Hall–Kier alpha value is -1.22. The second-order valence-corrected chi connectivity index (χ2v) is 3.70. The number of unbranched alkanes of at least 4 members (excludes halogenated alkanes) is 3. The Morgan fingerprint density at radius 3 is 2.67 bits per heavy atom. The maximum Gasteiger partial charge on any atom is 0.115 e. The van der Waals surface area contributed by atoms with E-state index < -0.39 is 0 Å². The highest BCUT2D eigenvalue weighted by Gasteiger charge is 2.05. The van der Waals surface area contributed by atoms with Crippen molar-refractivity contribution in [3.63, 3.8) is 0 Å². The molecule has 0 aliphatic heterocycles. The van der Waals surface area contributed by atoms with Crippen LogP contribution in [0, 0.1) is 0 Å². The lowest BCUT2D eigenvalue weighted by Gasteiger charge is -2.10. The molecule has 1 aromatic heterocycles. The number of aromatic nitrogens is 2. The van der Waals surface area contributed by atoms with Crippen LogP contribution in [0.25, 0.3) is 0 Å². The van der Waals surface area contributed by atoms with Crippen LogP contribution in [0.5, 0.6) is 0 Å². The first-order valence-corrected chi connectivity index (χ1v) is 5.46. The molecule has 1 atom stereocenters. The highest BCUT2D eigenvalue weighted by molar-refractivity contribution is 5.07. The van der Waals surface area contributed by atoms with Crippen LogP contribution >= 0.6 is 0 Å². The third-order valence-corrected chi connectivity index (χ3v) is 2.43. The molecule has 15 heavy (non-hydrogen) atoms. The van der Waals surface area contributed by atoms with Crippen molar-refractivity contribution in [1.82, 2.24) is 9.97 Å². The summed E-state index contributed by atoms with van der Waals surface area (Å²) in [5.74, 6) is 0. The topological polar surface area (TPSA) is 51.8 Å². The van der Waals surface area contributed by atoms with Crippen LogP contribution in [0.4, 0.5) is 0 Å². The van der Waals surface area contributed by atoms with Crippen LogP contribution in [0.2, 0.25) is 0 Å². The normalized spacial score (nSPS) is 12.3. The molecule has 1 unspecified atom stereocenters. The van der Waals surface area contributed by atoms with Crippen molar-refractivity contribution in [2.24, 2.45) is 5.73 Å². The highest BCUT2D eigenvalue weighted by Crippen LogP contribution is 2.15. The third-order valence-electron chi connectivity index (χ3n) is 2.43. The van der Waals surface area contributed by atoms with Gasteiger partial charge in [-0.1, -0.05) is 18.9 Å². The van der Waals surface area contributed by atoms with Gasteiger partial charge in [0.2, 0.25) is 0 Å². The largest absolute Gasteiger partial charge is 0.324 e. The molecule has 0 radical (unpaired) electrons. The van der Waals surface area contributed by atoms with Gasteiger partial charge in [-0.05, 0) is 19.3 Å². The molecule has 0 saturated heterocycles. The predicted octanol–water partition coefficient (Wildman–Crippen LogP) is 2.61. The zero-order valence-corrected chi connectivity index (χ0v) is 9.10. The Balaban J connectivity index is 2.19. The van der Waals surface area contributed by atoms with Gasteiger partial charge < -0.3 is 5.73 Å². The van der Waals surface area contributed by atoms with Crippen LogP contribution in [0.1, 0.15) is 43.7 Å². The van der Waals surface area contributed by atoms with Gasteiger partial charge in [-0.15, -0.1) is 6.58 Å². The van der Waals surface area contributed by atoms with Crippen LogP contribution < -0.4 is 5.73 Å². The van der Waals surface area contributed by atoms with Gasteiger partial charge in [0.15, 0.2) is 0 Å². The van der Waals surface area contributed by atoms with E-state index in [1.807, 2.05) is 6.08 Å². The van der Waals surface area contributed by atoms with E-state index >= 15 is 0 Å². The average molecular weight is 205 g/mol. The summed E-state index contributed by atoms with van der Waals surface area (Å²) < 4.78 is 0. The van der Waals surface area contributed by atoms with Crippen molar-refractivity contribution in [1.29, 1.82) is 0 Å². The van der Waals surface area contributed by atoms with Gasteiger partial charge in [-0.25, -0.2) is 9.97 Å². The summed E-state index contributed by atoms with van der Waals surface area (Å²) in [7, 11) is 0. The lowest BCUT2D eigenvalue weighted by atomic mass is 10.0. The van der Waals surface area contributed by atoms with E-state index in [0.29, 0.717) is 0 Å². The minimum Gasteiger partial charge on any atom is -0.324 e. The standard InChI is InChI=1S/C12H19N3/c1-2-3-4-5-6-7-12(13)11-8-14-10-15-9-11/h2,8-10,12H,1,3-7,13H2. The molecule has 2 N–H and O–H groups in total. The van der Waals surface area contributed by atoms with Gasteiger partial charge in [0.1, 0.15) is 6.33 Å². The maximum atomic E-state index is 6.01. The zero-order valence-electron chi connectivity index (χ0n) is 9.10. The number of rotatable bonds is 7. The second kappa shape index (κ2) is 7.12. The Kier molecular flexibility index (Phi) is 5.63. The highest BCUT2D eigenvalue weighted by atomic mass is 14.8. The predicted molar refractivity (Wildman–Crippen MR) is 62.2 cm³/mol. The molecule has 0 bridgehead atoms. The van der Waals surface area contributed by atoms with E-state index in [-0.39, 0.29) is 6.04 Å². The van der Waals surface area contributed by atoms with Crippen molar-refractivity contribution < 1.29 is 0 Å². The molecule has 3 heteroatoms. The van der Waals surface area contributed by atoms with E-state index in [2.05, 4.69) is 16.5 Å². The molecule has 1 rings (SSSR count). The van der Waals surface area contributed by atoms with Crippen molar-refractivity contribution in [2.45, 2.75) is 38.1 Å². The summed E-state index contributed by atoms with van der Waals surface area (Å²) in [4.78, 5) is 7.92. The lowest BCUT2D eigenvalue weighted by Crippen LogP contribution is -2.10. The molecular formula is C12H19N3. The molecule has 0 spiro atoms. The van der Waals surface area contributed by atoms with Gasteiger partial charge in [-0.3, -0.25) is 0 Å². The number of hydrogen-bond acceptors (Lipinski definition) is 3. The van der Waals surface area contributed by atoms with E-state index in [4.69, 9.17) is 5.73 Å². The quantitative estimate of drug-likeness (QED) is 0.550. The minimum atomic E-state index is 0.0786. The molecule has 0 saturated carbocycles. The first kappa shape index (κ1) is 11.9. The molecule has 1 aromatic rings. The Morgan fingerprint density at radius 2 is 2.00 bits per heavy atom. The van der Waals surface area contributed by atoms with Gasteiger partial charge in [0.05, 0.1) is 0 Å². The SMILES string of the molecule is C=CCCCCCC(N)c1cncnc1. The van der Waals surface area contributed by atoms with Crippen molar-refractivity contribution in [2.75, 3.05) is 0 Å². The van der Waals surface area contributed by atoms with Crippen LogP contribution in [0.3, 0.4) is 0 Å². The molecule has 0 fully saturated rings. The van der Waals surface area contributed by atoms with E-state index in [1.165, 1.54) is 19.2 Å². The molecular weight excluding hydrogens is 186 g/mol. The van der Waals surface area contributed by atoms with Crippen molar-refractivity contribution in [3.8, 4) is 0 Å². The third kappa shape index (κ3) is 4.70. The first-order valence-electron chi connectivity index (χ1n) is 5.46. The summed E-state index contributed by atoms with van der Waals surface area (Å²) in [6.45, 7) is 3.70. The average Bonchev–Trinajstić information content (AvgIpc) is 2.30. The maximum absolute atomic E-state index is 6.01. The summed E-state index contributed by atoms with van der Waals surface area (Å²) >= 11 is 0. The number of nitrogens with zero attached hydrogens (tertiary/aromatic N) is 2. The van der Waals surface area contributed by atoms with Crippen molar-refractivity contribution >= 4 is 0 Å². The first-order chi connectivity index (χ1) is 7.34. The van der Waals surface area contributed by atoms with E-state index in [9.17, 15) is 0 Å². The smallest absolute Gasteiger partial charge is 0.115 e. The summed E-state index contributed by atoms with van der Waals surface area (Å²) in [5.41, 5.74) is 7.04. The second-order valence-electron chi connectivity index (χ2n) is 3.70. The minimum absolute atomic E-state index is 0.0786. The van der Waals surface area contributed by atoms with Crippen LogP contribution in [0.15, 0.2) is 31.4 Å². The molecule has 3 nitrogen and oxygen atoms in total. The Bertz CT molecular complexity index is 271. The monoisotopic (exact) mass is 205 g/mol. The fraction of sp³-hybridized carbons (Fsp3) is 0.500. The van der Waals surface area contributed by atoms with E-state index in [0.717, 1.165) is 24.8 Å². The molecule has 0 aliphatic carbocycles. The van der Waals surface area contributed by atoms with Crippen LogP contribution in [-0.2, 0) is 0 Å². The van der Waals surface area contributed by atoms with E-state index in [1.54, 1.807) is 12.4 Å². The number of hydrogen-bond donors (Lipinski definition) is 1. The van der Waals surface area contributed by atoms with Gasteiger partial charge >= 0.3 is 0 Å². The number of allylic oxidation sites excluding steroid dienone is 1. The number of nitrogens with two attached hydrogens (primary N) is 1. The molecule has 0 aliphatic rings. The zero-order chi connectivity index (χ0) is 10.9. The Labute approximate surface area is 91.4 Å². The summed E-state index contributed by atoms with van der Waals surface area (Å²) in [6.07, 6.45) is 12.8. The Morgan fingerprint density at radius 1 is 1.27 bits per heavy atom. The lowest BCUT2D eigenvalue weighted by molar-refractivity contribution is 0.570. The summed E-state index contributed by atoms with van der Waals surface area (Å²) in [5, 5.41) is 0. The molecule has 0 amide bonds. The fourth-order valence-electron chi connectivity index (χ4n) is 1.50. The molecule has 1 heterocycles. The molecule has 0 aromatic carbocycles. The molecule has 82 valence electrons.